The molecular formula is C12H15F9. The lowest BCUT2D eigenvalue weighted by molar-refractivity contribution is -0.321. The topological polar surface area (TPSA) is 0 Å². The molecule has 0 saturated heterocycles. The molecule has 1 rings (SSSR count). The standard InChI is InChI=1S/C12H15F9/c1-4-5(2)8(11(16,17)18)9(12(19,20)21)6(3)7(4)10(13,14)15/h4-9H,1-3H3/t4-,5+,6?,7?,8?,9?/m0/s1. The second kappa shape index (κ2) is 5.22. The first-order valence-corrected chi connectivity index (χ1v) is 6.30. The smallest absolute Gasteiger partial charge is 0.171 e. The summed E-state index contributed by atoms with van der Waals surface area (Å²) in [6.45, 7) is 2.36. The minimum atomic E-state index is -5.34. The van der Waals surface area contributed by atoms with Gasteiger partial charge < -0.3 is 0 Å². The third-order valence-corrected chi connectivity index (χ3v) is 4.62. The Labute approximate surface area is 115 Å². The Hall–Kier alpha value is -0.630. The molecule has 0 aliphatic heterocycles. The van der Waals surface area contributed by atoms with Crippen LogP contribution < -0.4 is 0 Å². The van der Waals surface area contributed by atoms with Crippen LogP contribution in [0.15, 0.2) is 0 Å². The molecule has 0 nitrogen and oxygen atoms in total. The highest BCUT2D eigenvalue weighted by Crippen LogP contribution is 2.59. The molecule has 9 heteroatoms. The summed E-state index contributed by atoms with van der Waals surface area (Å²) >= 11 is 0. The zero-order valence-electron chi connectivity index (χ0n) is 11.4. The van der Waals surface area contributed by atoms with Crippen molar-refractivity contribution in [3.05, 3.63) is 0 Å². The van der Waals surface area contributed by atoms with E-state index < -0.39 is 54.0 Å². The fourth-order valence-corrected chi connectivity index (χ4v) is 3.61. The lowest BCUT2D eigenvalue weighted by Crippen LogP contribution is -2.57. The Morgan fingerprint density at radius 1 is 0.429 bits per heavy atom. The van der Waals surface area contributed by atoms with Gasteiger partial charge in [0.05, 0.1) is 17.8 Å². The van der Waals surface area contributed by atoms with Crippen molar-refractivity contribution in [1.82, 2.24) is 0 Å². The summed E-state index contributed by atoms with van der Waals surface area (Å²) in [5.74, 6) is -13.7. The van der Waals surface area contributed by atoms with Gasteiger partial charge in [0, 0.05) is 0 Å². The van der Waals surface area contributed by atoms with E-state index in [9.17, 15) is 39.5 Å². The number of hydrogen-bond acceptors (Lipinski definition) is 0. The number of hydrogen-bond donors (Lipinski definition) is 0. The van der Waals surface area contributed by atoms with Gasteiger partial charge in [0.25, 0.3) is 0 Å². The summed E-state index contributed by atoms with van der Waals surface area (Å²) in [6, 6.07) is 0. The Balaban J connectivity index is 3.39. The van der Waals surface area contributed by atoms with Crippen molar-refractivity contribution in [3.63, 3.8) is 0 Å². The fraction of sp³-hybridized carbons (Fsp3) is 1.00. The van der Waals surface area contributed by atoms with Crippen LogP contribution in [-0.2, 0) is 0 Å². The van der Waals surface area contributed by atoms with Gasteiger partial charge >= 0.3 is 18.5 Å². The first-order chi connectivity index (χ1) is 9.10. The van der Waals surface area contributed by atoms with Crippen molar-refractivity contribution in [2.45, 2.75) is 39.3 Å². The maximum absolute atomic E-state index is 13.0. The predicted octanol–water partition coefficient (Wildman–Crippen LogP) is 5.44. The van der Waals surface area contributed by atoms with Gasteiger partial charge in [0.2, 0.25) is 0 Å². The van der Waals surface area contributed by atoms with Gasteiger partial charge in [-0.15, -0.1) is 0 Å². The zero-order chi connectivity index (χ0) is 17.0. The largest absolute Gasteiger partial charge is 0.392 e. The Bertz CT molecular complexity index is 364. The van der Waals surface area contributed by atoms with Crippen molar-refractivity contribution >= 4 is 0 Å². The van der Waals surface area contributed by atoms with E-state index in [1.807, 2.05) is 0 Å². The van der Waals surface area contributed by atoms with Crippen LogP contribution in [0.5, 0.6) is 0 Å². The van der Waals surface area contributed by atoms with Crippen LogP contribution >= 0.6 is 0 Å². The van der Waals surface area contributed by atoms with Gasteiger partial charge in [-0.1, -0.05) is 20.8 Å². The lowest BCUT2D eigenvalue weighted by Gasteiger charge is -2.50. The van der Waals surface area contributed by atoms with E-state index in [1.54, 1.807) is 0 Å². The number of rotatable bonds is 0. The highest BCUT2D eigenvalue weighted by atomic mass is 19.4. The quantitative estimate of drug-likeness (QED) is 0.519. The van der Waals surface area contributed by atoms with Crippen LogP contribution in [0.25, 0.3) is 0 Å². The highest BCUT2D eigenvalue weighted by molar-refractivity contribution is 4.99. The van der Waals surface area contributed by atoms with Gasteiger partial charge in [0.15, 0.2) is 0 Å². The van der Waals surface area contributed by atoms with E-state index in [-0.39, 0.29) is 0 Å². The van der Waals surface area contributed by atoms with Crippen LogP contribution in [0.2, 0.25) is 0 Å². The summed E-state index contributed by atoms with van der Waals surface area (Å²) in [5, 5.41) is 0. The molecule has 1 fully saturated rings. The first kappa shape index (κ1) is 18.4. The summed E-state index contributed by atoms with van der Waals surface area (Å²) in [6.07, 6.45) is -15.5. The first-order valence-electron chi connectivity index (χ1n) is 6.30. The van der Waals surface area contributed by atoms with Gasteiger partial charge in [-0.3, -0.25) is 0 Å². The fourth-order valence-electron chi connectivity index (χ4n) is 3.61. The Kier molecular flexibility index (Phi) is 4.58. The molecule has 1 aliphatic rings. The van der Waals surface area contributed by atoms with Gasteiger partial charge in [-0.25, -0.2) is 0 Å². The summed E-state index contributed by atoms with van der Waals surface area (Å²) in [4.78, 5) is 0. The van der Waals surface area contributed by atoms with Gasteiger partial charge in [-0.2, -0.15) is 39.5 Å². The van der Waals surface area contributed by atoms with Gasteiger partial charge in [0.1, 0.15) is 0 Å². The van der Waals surface area contributed by atoms with Crippen molar-refractivity contribution < 1.29 is 39.5 Å². The van der Waals surface area contributed by atoms with E-state index in [0.717, 1.165) is 13.8 Å². The van der Waals surface area contributed by atoms with E-state index in [4.69, 9.17) is 0 Å². The number of halogens is 9. The molecule has 126 valence electrons. The monoisotopic (exact) mass is 330 g/mol. The molecule has 0 radical (unpaired) electrons. The molecule has 0 amide bonds. The van der Waals surface area contributed by atoms with Crippen molar-refractivity contribution in [2.24, 2.45) is 35.5 Å². The second-order valence-corrected chi connectivity index (χ2v) is 5.78. The van der Waals surface area contributed by atoms with Crippen LogP contribution in [-0.4, -0.2) is 18.5 Å². The molecule has 1 saturated carbocycles. The summed E-state index contributed by atoms with van der Waals surface area (Å²) in [7, 11) is 0. The van der Waals surface area contributed by atoms with Gasteiger partial charge in [-0.05, 0) is 17.8 Å². The van der Waals surface area contributed by atoms with E-state index in [1.165, 1.54) is 0 Å². The molecule has 0 heterocycles. The molecule has 0 spiro atoms. The lowest BCUT2D eigenvalue weighted by atomic mass is 9.57. The van der Waals surface area contributed by atoms with E-state index in [2.05, 4.69) is 0 Å². The molecule has 0 aromatic carbocycles. The highest BCUT2D eigenvalue weighted by Gasteiger charge is 2.67. The number of alkyl halides is 9. The Morgan fingerprint density at radius 3 is 0.952 bits per heavy atom. The third-order valence-electron chi connectivity index (χ3n) is 4.62. The molecule has 0 aromatic heterocycles. The van der Waals surface area contributed by atoms with Crippen LogP contribution in [0.3, 0.4) is 0 Å². The molecule has 21 heavy (non-hydrogen) atoms. The third kappa shape index (κ3) is 3.41. The molecule has 1 aliphatic carbocycles. The maximum Gasteiger partial charge on any atom is 0.392 e. The molecule has 0 bridgehead atoms. The zero-order valence-corrected chi connectivity index (χ0v) is 11.4. The van der Waals surface area contributed by atoms with Crippen molar-refractivity contribution in [2.75, 3.05) is 0 Å². The predicted molar refractivity (Wildman–Crippen MR) is 56.1 cm³/mol. The van der Waals surface area contributed by atoms with Crippen LogP contribution in [0, 0.1) is 35.5 Å². The van der Waals surface area contributed by atoms with Crippen LogP contribution in [0.4, 0.5) is 39.5 Å². The van der Waals surface area contributed by atoms with E-state index >= 15 is 0 Å². The average Bonchev–Trinajstić information content (AvgIpc) is 2.17. The molecule has 4 unspecified atom stereocenters. The van der Waals surface area contributed by atoms with E-state index in [0.29, 0.717) is 6.92 Å². The average molecular weight is 330 g/mol. The maximum atomic E-state index is 13.0. The Morgan fingerprint density at radius 2 is 0.667 bits per heavy atom. The molecule has 0 N–H and O–H groups in total. The minimum absolute atomic E-state index is 0.609. The summed E-state index contributed by atoms with van der Waals surface area (Å²) < 4.78 is 117. The molecular weight excluding hydrogens is 315 g/mol. The van der Waals surface area contributed by atoms with Crippen LogP contribution in [0.1, 0.15) is 20.8 Å². The normalized spacial score (nSPS) is 39.4. The minimum Gasteiger partial charge on any atom is -0.171 e. The summed E-state index contributed by atoms with van der Waals surface area (Å²) in [5.41, 5.74) is 0. The molecule has 0 aromatic rings. The second-order valence-electron chi connectivity index (χ2n) is 5.78. The van der Waals surface area contributed by atoms with Crippen molar-refractivity contribution in [1.29, 1.82) is 0 Å². The molecule has 6 atom stereocenters. The van der Waals surface area contributed by atoms with Crippen molar-refractivity contribution in [3.8, 4) is 0 Å². The SMILES string of the molecule is CC1C(C(F)(F)F)C(C(F)(F)F)[C@H](C)[C@H](C)C1C(F)(F)F.